The highest BCUT2D eigenvalue weighted by atomic mass is 35.5. The Morgan fingerprint density at radius 1 is 1.03 bits per heavy atom. The van der Waals surface area contributed by atoms with Gasteiger partial charge in [0.15, 0.2) is 0 Å². The van der Waals surface area contributed by atoms with Crippen LogP contribution in [0.5, 0.6) is 0 Å². The summed E-state index contributed by atoms with van der Waals surface area (Å²) in [4.78, 5) is 25.0. The Morgan fingerprint density at radius 3 is 2.15 bits per heavy atom. The summed E-state index contributed by atoms with van der Waals surface area (Å²) in [5, 5.41) is 2.61. The zero-order valence-electron chi connectivity index (χ0n) is 18.7. The lowest BCUT2D eigenvalue weighted by atomic mass is 9.85. The molecule has 0 fully saturated rings. The molecule has 0 aliphatic heterocycles. The summed E-state index contributed by atoms with van der Waals surface area (Å²) in [6.45, 7) is 6.19. The maximum atomic E-state index is 14.5. The molecule has 0 radical (unpaired) electrons. The summed E-state index contributed by atoms with van der Waals surface area (Å²) >= 11 is 5.83. The van der Waals surface area contributed by atoms with E-state index in [2.05, 4.69) is 5.32 Å². The molecular formula is C24H26ClF4NO3. The van der Waals surface area contributed by atoms with E-state index in [4.69, 9.17) is 16.3 Å². The zero-order valence-corrected chi connectivity index (χ0v) is 19.4. The average molecular weight is 488 g/mol. The van der Waals surface area contributed by atoms with Gasteiger partial charge in [0.1, 0.15) is 5.82 Å². The normalized spacial score (nSPS) is 15.3. The van der Waals surface area contributed by atoms with Crippen LogP contribution in [0.3, 0.4) is 0 Å². The molecule has 0 saturated carbocycles. The molecule has 0 aliphatic carbocycles. The molecule has 4 atom stereocenters. The van der Waals surface area contributed by atoms with Crippen molar-refractivity contribution in [1.82, 2.24) is 0 Å². The highest BCUT2D eigenvalue weighted by Crippen LogP contribution is 2.39. The van der Waals surface area contributed by atoms with E-state index in [9.17, 15) is 27.2 Å². The van der Waals surface area contributed by atoms with Gasteiger partial charge in [-0.3, -0.25) is 9.59 Å². The minimum Gasteiger partial charge on any atom is -0.466 e. The number of ether oxygens (including phenoxy) is 1. The van der Waals surface area contributed by atoms with Crippen molar-refractivity contribution in [3.05, 3.63) is 64.4 Å². The number of benzene rings is 2. The monoisotopic (exact) mass is 487 g/mol. The van der Waals surface area contributed by atoms with E-state index in [1.807, 2.05) is 0 Å². The van der Waals surface area contributed by atoms with Gasteiger partial charge in [-0.25, -0.2) is 4.39 Å². The number of hydrogen-bond acceptors (Lipinski definition) is 3. The number of anilines is 1. The molecule has 3 unspecified atom stereocenters. The van der Waals surface area contributed by atoms with Crippen molar-refractivity contribution in [3.63, 3.8) is 0 Å². The van der Waals surface area contributed by atoms with E-state index in [1.165, 1.54) is 36.4 Å². The second kappa shape index (κ2) is 11.0. The van der Waals surface area contributed by atoms with Gasteiger partial charge in [-0.1, -0.05) is 50.6 Å². The first-order valence-electron chi connectivity index (χ1n) is 10.5. The summed E-state index contributed by atoms with van der Waals surface area (Å²) in [5.74, 6) is -6.84. The van der Waals surface area contributed by atoms with Gasteiger partial charge in [0.2, 0.25) is 5.91 Å². The molecule has 1 N–H and O–H groups in total. The Morgan fingerprint density at radius 2 is 1.61 bits per heavy atom. The summed E-state index contributed by atoms with van der Waals surface area (Å²) in [5.41, 5.74) is 0.357. The maximum absolute atomic E-state index is 14.5. The lowest BCUT2D eigenvalue weighted by Gasteiger charge is -2.26. The Balaban J connectivity index is 2.36. The van der Waals surface area contributed by atoms with Crippen LogP contribution < -0.4 is 5.32 Å². The predicted octanol–water partition coefficient (Wildman–Crippen LogP) is 6.70. The molecule has 2 rings (SSSR count). The van der Waals surface area contributed by atoms with Crippen LogP contribution in [0.25, 0.3) is 0 Å². The smallest absolute Gasteiger partial charge is 0.392 e. The third-order valence-corrected chi connectivity index (χ3v) is 5.96. The Labute approximate surface area is 195 Å². The number of amides is 1. The van der Waals surface area contributed by atoms with Gasteiger partial charge < -0.3 is 10.1 Å². The van der Waals surface area contributed by atoms with Gasteiger partial charge in [0.25, 0.3) is 0 Å². The molecule has 4 nitrogen and oxygen atoms in total. The van der Waals surface area contributed by atoms with Crippen molar-refractivity contribution < 1.29 is 31.9 Å². The van der Waals surface area contributed by atoms with Gasteiger partial charge in [-0.05, 0) is 48.2 Å². The zero-order chi connectivity index (χ0) is 24.9. The number of hydrogen-bond donors (Lipinski definition) is 1. The molecule has 9 heteroatoms. The molecule has 2 aromatic carbocycles. The topological polar surface area (TPSA) is 55.4 Å². The summed E-state index contributed by atoms with van der Waals surface area (Å²) < 4.78 is 60.0. The highest BCUT2D eigenvalue weighted by molar-refractivity contribution is 6.30. The molecule has 0 heterocycles. The second-order valence-corrected chi connectivity index (χ2v) is 8.35. The number of alkyl halides is 3. The van der Waals surface area contributed by atoms with Crippen molar-refractivity contribution in [1.29, 1.82) is 0 Å². The van der Waals surface area contributed by atoms with Crippen LogP contribution in [-0.2, 0) is 14.3 Å². The van der Waals surface area contributed by atoms with E-state index in [1.54, 1.807) is 20.8 Å². The van der Waals surface area contributed by atoms with E-state index in [-0.39, 0.29) is 23.8 Å². The van der Waals surface area contributed by atoms with Crippen LogP contribution in [-0.4, -0.2) is 24.7 Å². The maximum Gasteiger partial charge on any atom is 0.392 e. The van der Waals surface area contributed by atoms with Crippen molar-refractivity contribution in [3.8, 4) is 0 Å². The first-order chi connectivity index (χ1) is 15.4. The number of carbonyl (C=O) groups excluding carboxylic acids is 2. The first kappa shape index (κ1) is 26.6. The molecular weight excluding hydrogens is 462 g/mol. The first-order valence-corrected chi connectivity index (χ1v) is 10.8. The lowest BCUT2D eigenvalue weighted by molar-refractivity contribution is -0.178. The molecule has 2 aromatic rings. The van der Waals surface area contributed by atoms with E-state index in [0.717, 1.165) is 13.0 Å². The lowest BCUT2D eigenvalue weighted by Crippen LogP contribution is -2.34. The fourth-order valence-electron chi connectivity index (χ4n) is 3.43. The van der Waals surface area contributed by atoms with E-state index in [0.29, 0.717) is 10.6 Å². The quantitative estimate of drug-likeness (QED) is 0.333. The predicted molar refractivity (Wildman–Crippen MR) is 119 cm³/mol. The molecule has 0 aromatic heterocycles. The number of carbonyl (C=O) groups is 2. The summed E-state index contributed by atoms with van der Waals surface area (Å²) in [6, 6.07) is 9.34. The van der Waals surface area contributed by atoms with Gasteiger partial charge >= 0.3 is 12.1 Å². The number of rotatable bonds is 8. The van der Waals surface area contributed by atoms with Crippen molar-refractivity contribution in [2.24, 2.45) is 11.8 Å². The number of esters is 1. The van der Waals surface area contributed by atoms with Crippen molar-refractivity contribution in [2.45, 2.75) is 45.7 Å². The average Bonchev–Trinajstić information content (AvgIpc) is 2.75. The van der Waals surface area contributed by atoms with Crippen LogP contribution in [0.2, 0.25) is 5.02 Å². The van der Waals surface area contributed by atoms with Crippen LogP contribution in [0.4, 0.5) is 23.2 Å². The number of nitrogens with one attached hydrogen (secondary N) is 1. The molecule has 0 bridgehead atoms. The summed E-state index contributed by atoms with van der Waals surface area (Å²) in [6.07, 6.45) is -4.66. The Hall–Kier alpha value is -2.61. The van der Waals surface area contributed by atoms with Crippen LogP contribution in [0, 0.1) is 17.7 Å². The van der Waals surface area contributed by atoms with Crippen LogP contribution in [0.1, 0.15) is 50.7 Å². The van der Waals surface area contributed by atoms with Gasteiger partial charge in [0, 0.05) is 5.02 Å². The third kappa shape index (κ3) is 6.69. The van der Waals surface area contributed by atoms with E-state index >= 15 is 0 Å². The Kier molecular flexibility index (Phi) is 8.89. The molecule has 0 aliphatic rings. The van der Waals surface area contributed by atoms with Gasteiger partial charge in [-0.2, -0.15) is 13.2 Å². The largest absolute Gasteiger partial charge is 0.466 e. The third-order valence-electron chi connectivity index (χ3n) is 5.71. The standard InChI is InChI=1S/C24H26ClF4NO3/c1-5-33-23(32)14(3)13(2)17-8-11-19(26)20(12-17)30-22(31)21(15(4)24(27,28)29)16-6-9-18(25)10-7-16/h6-15,21H,5H2,1-4H3,(H,30,31)/t13?,14?,15?,21-/m0/s1. The fraction of sp³-hybridized carbons (Fsp3) is 0.417. The molecule has 0 spiro atoms. The van der Waals surface area contributed by atoms with Gasteiger partial charge in [0.05, 0.1) is 30.0 Å². The molecule has 180 valence electrons. The fourth-order valence-corrected chi connectivity index (χ4v) is 3.55. The second-order valence-electron chi connectivity index (χ2n) is 7.92. The van der Waals surface area contributed by atoms with Crippen LogP contribution in [0.15, 0.2) is 42.5 Å². The van der Waals surface area contributed by atoms with Crippen molar-refractivity contribution in [2.75, 3.05) is 11.9 Å². The van der Waals surface area contributed by atoms with Crippen molar-refractivity contribution >= 4 is 29.2 Å². The molecule has 1 amide bonds. The number of halogens is 5. The minimum absolute atomic E-state index is 0.0996. The minimum atomic E-state index is -4.66. The highest BCUT2D eigenvalue weighted by Gasteiger charge is 2.45. The van der Waals surface area contributed by atoms with E-state index < -0.39 is 41.6 Å². The van der Waals surface area contributed by atoms with Gasteiger partial charge in [-0.15, -0.1) is 0 Å². The SMILES string of the molecule is CCOC(=O)C(C)C(C)c1ccc(F)c(NC(=O)[C@H](c2ccc(Cl)cc2)C(C)C(F)(F)F)c1. The summed E-state index contributed by atoms with van der Waals surface area (Å²) in [7, 11) is 0. The Bertz CT molecular complexity index is 979. The molecule has 0 saturated heterocycles. The molecule has 33 heavy (non-hydrogen) atoms. The van der Waals surface area contributed by atoms with Crippen LogP contribution >= 0.6 is 11.6 Å².